The summed E-state index contributed by atoms with van der Waals surface area (Å²) in [5.74, 6) is 2.18. The molecule has 276 valence electrons. The maximum Gasteiger partial charge on any atom is 0.112 e. The van der Waals surface area contributed by atoms with Crippen LogP contribution in [0.25, 0.3) is 33.8 Å². The maximum absolute atomic E-state index is 4.39. The highest BCUT2D eigenvalue weighted by Crippen LogP contribution is 2.40. The third-order valence-corrected chi connectivity index (χ3v) is 12.0. The van der Waals surface area contributed by atoms with Crippen LogP contribution in [0.2, 0.25) is 0 Å². The van der Waals surface area contributed by atoms with Gasteiger partial charge in [-0.3, -0.25) is 0 Å². The molecular formula is C51H57N3. The molecule has 0 amide bonds. The molecule has 0 radical (unpaired) electrons. The zero-order valence-electron chi connectivity index (χ0n) is 32.7. The molecule has 54 heavy (non-hydrogen) atoms. The molecule has 7 rings (SSSR count). The van der Waals surface area contributed by atoms with E-state index in [9.17, 15) is 0 Å². The second-order valence-corrected chi connectivity index (χ2v) is 16.0. The van der Waals surface area contributed by atoms with E-state index in [1.165, 1.54) is 106 Å². The zero-order chi connectivity index (χ0) is 37.6. The Bertz CT molecular complexity index is 1960. The first kappa shape index (κ1) is 37.1. The van der Waals surface area contributed by atoms with E-state index in [2.05, 4.69) is 183 Å². The van der Waals surface area contributed by atoms with Crippen LogP contribution in [0.3, 0.4) is 0 Å². The van der Waals surface area contributed by atoms with Gasteiger partial charge in [-0.15, -0.1) is 0 Å². The Morgan fingerprint density at radius 3 is 0.944 bits per heavy atom. The summed E-state index contributed by atoms with van der Waals surface area (Å²) in [6.45, 7) is 6.52. The third kappa shape index (κ3) is 8.74. The summed E-state index contributed by atoms with van der Waals surface area (Å²) in [6, 6.07) is 39.5. The lowest BCUT2D eigenvalue weighted by Crippen LogP contribution is -2.30. The van der Waals surface area contributed by atoms with Crippen LogP contribution in [0.4, 0.5) is 0 Å². The molecule has 0 unspecified atom stereocenters. The number of hydrogen-bond donors (Lipinski definition) is 0. The Balaban J connectivity index is 1.03. The molecule has 3 heterocycles. The molecule has 1 saturated carbocycles. The number of hydrogen-bond acceptors (Lipinski definition) is 0. The van der Waals surface area contributed by atoms with Crippen molar-refractivity contribution in [3.05, 3.63) is 182 Å². The molecule has 0 atom stereocenters. The van der Waals surface area contributed by atoms with Gasteiger partial charge in [-0.1, -0.05) is 91.0 Å². The van der Waals surface area contributed by atoms with Crippen molar-refractivity contribution in [2.24, 2.45) is 17.8 Å². The van der Waals surface area contributed by atoms with E-state index >= 15 is 0 Å². The van der Waals surface area contributed by atoms with Gasteiger partial charge in [0.25, 0.3) is 0 Å². The van der Waals surface area contributed by atoms with Crippen LogP contribution in [-0.2, 0) is 19.3 Å². The summed E-state index contributed by atoms with van der Waals surface area (Å²) in [4.78, 5) is 0. The summed E-state index contributed by atoms with van der Waals surface area (Å²) in [5, 5.41) is 0. The number of pyridine rings is 3. The van der Waals surface area contributed by atoms with E-state index in [-0.39, 0.29) is 0 Å². The first-order valence-electron chi connectivity index (χ1n) is 20.0. The van der Waals surface area contributed by atoms with Gasteiger partial charge in [0.2, 0.25) is 0 Å². The highest BCUT2D eigenvalue weighted by Gasteiger charge is 2.29. The van der Waals surface area contributed by atoms with Gasteiger partial charge < -0.3 is 13.7 Å². The summed E-state index contributed by atoms with van der Waals surface area (Å²) in [7, 11) is 13.2. The van der Waals surface area contributed by atoms with Gasteiger partial charge in [0.05, 0.1) is 18.6 Å². The molecule has 1 aliphatic rings. The third-order valence-electron chi connectivity index (χ3n) is 12.0. The largest absolute Gasteiger partial charge is 0.333 e. The summed E-state index contributed by atoms with van der Waals surface area (Å²) in [6.07, 6.45) is 17.7. The van der Waals surface area contributed by atoms with E-state index in [1.54, 1.807) is 0 Å². The topological polar surface area (TPSA) is 11.6 Å². The number of benzene rings is 3. The Morgan fingerprint density at radius 1 is 0.407 bits per heavy atom. The van der Waals surface area contributed by atoms with Crippen molar-refractivity contribution < 1.29 is 13.7 Å². The van der Waals surface area contributed by atoms with Gasteiger partial charge >= 0.3 is 0 Å². The molecule has 1 fully saturated rings. The van der Waals surface area contributed by atoms with E-state index < -0.39 is 0 Å². The fraction of sp³-hybridized carbons (Fsp3) is 0.294. The predicted octanol–water partition coefficient (Wildman–Crippen LogP) is 10.6. The quantitative estimate of drug-likeness (QED) is 0.0885. The minimum atomic E-state index is 0.727. The molecule has 0 saturated heterocycles. The highest BCUT2D eigenvalue weighted by atomic mass is 14.9. The zero-order valence-corrected chi connectivity index (χ0v) is 32.7. The minimum Gasteiger partial charge on any atom is -0.333 e. The van der Waals surface area contributed by atoms with Crippen LogP contribution in [0.1, 0.15) is 71.9 Å². The fourth-order valence-corrected chi connectivity index (χ4v) is 9.06. The van der Waals surface area contributed by atoms with Crippen molar-refractivity contribution in [1.82, 2.24) is 0 Å². The lowest BCUT2D eigenvalue weighted by molar-refractivity contribution is -0.601. The number of aryl methyl sites for hydroxylation is 6. The summed E-state index contributed by atoms with van der Waals surface area (Å²) >= 11 is 0. The normalized spacial score (nSPS) is 17.1. The average molecular weight is 712 g/mol. The SMILES string of the molecule is [CH2-][n+]1cc(CCC2CC(CCc3ccc(-c4ccccc4C)[n+]([CH2-])c3)CC(CCc3ccc(-c4ccccc4C)[n+]([CH2-])c3)C2)ccc1-c1ccccc1C. The van der Waals surface area contributed by atoms with Crippen molar-refractivity contribution in [2.75, 3.05) is 0 Å². The molecule has 3 aromatic carbocycles. The van der Waals surface area contributed by atoms with Gasteiger partial charge in [-0.25, -0.2) is 0 Å². The van der Waals surface area contributed by atoms with Crippen LogP contribution in [0, 0.1) is 59.7 Å². The smallest absolute Gasteiger partial charge is 0.112 e. The Labute approximate surface area is 325 Å². The van der Waals surface area contributed by atoms with Crippen LogP contribution in [0.15, 0.2) is 128 Å². The maximum atomic E-state index is 4.39. The number of aromatic nitrogens is 3. The van der Waals surface area contributed by atoms with Gasteiger partial charge in [0.15, 0.2) is 0 Å². The van der Waals surface area contributed by atoms with Crippen molar-refractivity contribution in [2.45, 2.75) is 78.6 Å². The highest BCUT2D eigenvalue weighted by molar-refractivity contribution is 5.62. The Hall–Kier alpha value is -5.28. The van der Waals surface area contributed by atoms with Crippen LogP contribution >= 0.6 is 0 Å². The first-order chi connectivity index (χ1) is 26.2. The van der Waals surface area contributed by atoms with E-state index in [0.717, 1.165) is 37.0 Å². The van der Waals surface area contributed by atoms with Crippen LogP contribution in [0.5, 0.6) is 0 Å². The second-order valence-electron chi connectivity index (χ2n) is 16.0. The lowest BCUT2D eigenvalue weighted by atomic mass is 9.70. The van der Waals surface area contributed by atoms with Gasteiger partial charge in [0, 0.05) is 21.1 Å². The molecule has 0 bridgehead atoms. The fourth-order valence-electron chi connectivity index (χ4n) is 9.06. The van der Waals surface area contributed by atoms with Gasteiger partial charge in [0.1, 0.15) is 17.1 Å². The van der Waals surface area contributed by atoms with Gasteiger partial charge in [-0.05, 0) is 165 Å². The van der Waals surface area contributed by atoms with Crippen molar-refractivity contribution in [3.8, 4) is 33.8 Å². The molecule has 3 aromatic heterocycles. The Morgan fingerprint density at radius 2 is 0.685 bits per heavy atom. The molecule has 3 heteroatoms. The molecule has 0 spiro atoms. The standard InChI is InChI=1S/C51H57N3/c1-37-13-7-10-16-46(37)49-28-25-40(34-52(49)4)19-22-43-31-44(23-20-41-26-29-50(53(5)35-41)47-17-11-8-14-38(47)2)33-45(32-43)24-21-42-27-30-51(54(6)36-42)48-18-12-9-15-39(48)3/h7-18,25-30,34-36,43-45H,4-6,19-24,31-33H2,1-3H3. The molecule has 0 N–H and O–H groups in total. The van der Waals surface area contributed by atoms with E-state index in [1.807, 2.05) is 0 Å². The molecule has 1 aliphatic carbocycles. The number of rotatable bonds is 12. The average Bonchev–Trinajstić information content (AvgIpc) is 3.17. The van der Waals surface area contributed by atoms with Crippen LogP contribution < -0.4 is 13.7 Å². The lowest BCUT2D eigenvalue weighted by Gasteiger charge is -2.35. The van der Waals surface area contributed by atoms with Crippen molar-refractivity contribution in [3.63, 3.8) is 0 Å². The van der Waals surface area contributed by atoms with E-state index in [4.69, 9.17) is 0 Å². The van der Waals surface area contributed by atoms with Crippen LogP contribution in [-0.4, -0.2) is 0 Å². The van der Waals surface area contributed by atoms with Gasteiger partial charge in [-0.2, -0.15) is 0 Å². The monoisotopic (exact) mass is 711 g/mol. The van der Waals surface area contributed by atoms with E-state index in [0.29, 0.717) is 0 Å². The number of nitrogens with zero attached hydrogens (tertiary/aromatic N) is 3. The molecule has 6 aromatic rings. The summed E-state index contributed by atoms with van der Waals surface area (Å²) < 4.78 is 6.22. The van der Waals surface area contributed by atoms with Crippen molar-refractivity contribution >= 4 is 0 Å². The first-order valence-corrected chi connectivity index (χ1v) is 20.0. The molecule has 0 aliphatic heterocycles. The molecular weight excluding hydrogens is 655 g/mol. The summed E-state index contributed by atoms with van der Waals surface area (Å²) in [5.41, 5.74) is 15.2. The predicted molar refractivity (Wildman–Crippen MR) is 222 cm³/mol. The Kier molecular flexibility index (Phi) is 11.5. The molecule has 3 nitrogen and oxygen atoms in total. The second kappa shape index (κ2) is 16.8. The minimum absolute atomic E-state index is 0.727. The van der Waals surface area contributed by atoms with Crippen molar-refractivity contribution in [1.29, 1.82) is 0 Å².